The molecule has 0 aliphatic heterocycles. The van der Waals surface area contributed by atoms with E-state index in [-0.39, 0.29) is 11.9 Å². The van der Waals surface area contributed by atoms with Crippen molar-refractivity contribution < 1.29 is 4.39 Å². The number of nitrogens with zero attached hydrogens (tertiary/aromatic N) is 3. The SMILES string of the molecule is CC(C)n1c(-c2cc(N)ccc2F)nc2cnccc21. The van der Waals surface area contributed by atoms with Crippen molar-refractivity contribution in [2.45, 2.75) is 19.9 Å². The number of imidazole rings is 1. The topological polar surface area (TPSA) is 56.7 Å². The molecule has 0 radical (unpaired) electrons. The summed E-state index contributed by atoms with van der Waals surface area (Å²) in [6, 6.07) is 6.56. The monoisotopic (exact) mass is 270 g/mol. The summed E-state index contributed by atoms with van der Waals surface area (Å²) in [4.78, 5) is 8.58. The van der Waals surface area contributed by atoms with Gasteiger partial charge in [0.05, 0.1) is 17.3 Å². The fourth-order valence-electron chi connectivity index (χ4n) is 2.38. The number of hydrogen-bond donors (Lipinski definition) is 1. The Bertz CT molecular complexity index is 777. The molecule has 4 nitrogen and oxygen atoms in total. The summed E-state index contributed by atoms with van der Waals surface area (Å²) in [6.07, 6.45) is 3.39. The molecular formula is C15H15FN4. The Balaban J connectivity index is 2.35. The maximum Gasteiger partial charge on any atom is 0.144 e. The Morgan fingerprint density at radius 1 is 1.25 bits per heavy atom. The first-order chi connectivity index (χ1) is 9.58. The van der Waals surface area contributed by atoms with E-state index in [1.807, 2.05) is 24.5 Å². The zero-order valence-corrected chi connectivity index (χ0v) is 11.3. The molecule has 20 heavy (non-hydrogen) atoms. The van der Waals surface area contributed by atoms with Crippen molar-refractivity contribution in [1.29, 1.82) is 0 Å². The fourth-order valence-corrected chi connectivity index (χ4v) is 2.38. The van der Waals surface area contributed by atoms with Gasteiger partial charge >= 0.3 is 0 Å². The van der Waals surface area contributed by atoms with Crippen LogP contribution < -0.4 is 5.73 Å². The van der Waals surface area contributed by atoms with Crippen LogP contribution in [0.1, 0.15) is 19.9 Å². The first-order valence-electron chi connectivity index (χ1n) is 6.45. The van der Waals surface area contributed by atoms with E-state index in [9.17, 15) is 4.39 Å². The largest absolute Gasteiger partial charge is 0.399 e. The Labute approximate surface area is 116 Å². The first kappa shape index (κ1) is 12.6. The third kappa shape index (κ3) is 1.91. The van der Waals surface area contributed by atoms with Crippen molar-refractivity contribution >= 4 is 16.7 Å². The molecule has 3 rings (SSSR count). The van der Waals surface area contributed by atoms with E-state index in [1.54, 1.807) is 24.5 Å². The molecule has 0 saturated carbocycles. The molecular weight excluding hydrogens is 255 g/mol. The molecule has 5 heteroatoms. The highest BCUT2D eigenvalue weighted by Crippen LogP contribution is 2.30. The number of aromatic nitrogens is 3. The van der Waals surface area contributed by atoms with Gasteiger partial charge in [-0.1, -0.05) is 0 Å². The van der Waals surface area contributed by atoms with E-state index in [1.165, 1.54) is 6.07 Å². The zero-order chi connectivity index (χ0) is 14.3. The fraction of sp³-hybridized carbons (Fsp3) is 0.200. The number of fused-ring (bicyclic) bond motifs is 1. The number of pyridine rings is 1. The minimum absolute atomic E-state index is 0.151. The quantitative estimate of drug-likeness (QED) is 0.726. The van der Waals surface area contributed by atoms with E-state index in [4.69, 9.17) is 5.73 Å². The number of benzene rings is 1. The van der Waals surface area contributed by atoms with Crippen LogP contribution >= 0.6 is 0 Å². The Morgan fingerprint density at radius 2 is 2.05 bits per heavy atom. The molecule has 0 atom stereocenters. The van der Waals surface area contributed by atoms with Crippen molar-refractivity contribution in [3.05, 3.63) is 42.5 Å². The van der Waals surface area contributed by atoms with Crippen LogP contribution in [0.15, 0.2) is 36.7 Å². The predicted molar refractivity (Wildman–Crippen MR) is 77.7 cm³/mol. The lowest BCUT2D eigenvalue weighted by Gasteiger charge is -2.13. The molecule has 0 aliphatic rings. The summed E-state index contributed by atoms with van der Waals surface area (Å²) < 4.78 is 16.1. The van der Waals surface area contributed by atoms with Crippen LogP contribution in [-0.2, 0) is 0 Å². The van der Waals surface area contributed by atoms with Gasteiger partial charge in [-0.3, -0.25) is 4.98 Å². The van der Waals surface area contributed by atoms with Gasteiger partial charge in [0.1, 0.15) is 17.2 Å². The molecule has 0 saturated heterocycles. The van der Waals surface area contributed by atoms with Gasteiger partial charge in [-0.15, -0.1) is 0 Å². The Morgan fingerprint density at radius 3 is 2.80 bits per heavy atom. The van der Waals surface area contributed by atoms with E-state index < -0.39 is 0 Å². The summed E-state index contributed by atoms with van der Waals surface area (Å²) in [5.41, 5.74) is 8.38. The second-order valence-corrected chi connectivity index (χ2v) is 5.00. The third-order valence-corrected chi connectivity index (χ3v) is 3.24. The number of hydrogen-bond acceptors (Lipinski definition) is 3. The molecule has 2 N–H and O–H groups in total. The van der Waals surface area contributed by atoms with Crippen LogP contribution in [0.25, 0.3) is 22.4 Å². The lowest BCUT2D eigenvalue weighted by molar-refractivity contribution is 0.608. The molecule has 0 bridgehead atoms. The molecule has 2 heterocycles. The standard InChI is InChI=1S/C15H15FN4/c1-9(2)20-14-5-6-18-8-13(14)19-15(20)11-7-10(17)3-4-12(11)16/h3-9H,17H2,1-2H3. The number of rotatable bonds is 2. The van der Waals surface area contributed by atoms with Crippen LogP contribution in [0.2, 0.25) is 0 Å². The zero-order valence-electron chi connectivity index (χ0n) is 11.3. The first-order valence-corrected chi connectivity index (χ1v) is 6.45. The summed E-state index contributed by atoms with van der Waals surface area (Å²) in [5, 5.41) is 0. The highest BCUT2D eigenvalue weighted by molar-refractivity contribution is 5.80. The second-order valence-electron chi connectivity index (χ2n) is 5.00. The smallest absolute Gasteiger partial charge is 0.144 e. The average Bonchev–Trinajstić information content (AvgIpc) is 2.80. The molecule has 3 aromatic rings. The van der Waals surface area contributed by atoms with E-state index >= 15 is 0 Å². The number of nitrogen functional groups attached to an aromatic ring is 1. The van der Waals surface area contributed by atoms with Gasteiger partial charge in [0.2, 0.25) is 0 Å². The lowest BCUT2D eigenvalue weighted by atomic mass is 10.1. The van der Waals surface area contributed by atoms with E-state index in [0.29, 0.717) is 17.1 Å². The normalized spacial score (nSPS) is 11.4. The van der Waals surface area contributed by atoms with E-state index in [2.05, 4.69) is 9.97 Å². The molecule has 0 spiro atoms. The molecule has 0 amide bonds. The number of halogens is 1. The molecule has 102 valence electrons. The van der Waals surface area contributed by atoms with Gasteiger partial charge in [-0.05, 0) is 38.1 Å². The van der Waals surface area contributed by atoms with Gasteiger partial charge in [-0.2, -0.15) is 0 Å². The highest BCUT2D eigenvalue weighted by atomic mass is 19.1. The number of anilines is 1. The molecule has 0 fully saturated rings. The number of nitrogens with two attached hydrogens (primary N) is 1. The maximum atomic E-state index is 14.1. The molecule has 0 unspecified atom stereocenters. The van der Waals surface area contributed by atoms with Crippen LogP contribution in [0, 0.1) is 5.82 Å². The third-order valence-electron chi connectivity index (χ3n) is 3.24. The van der Waals surface area contributed by atoms with Gasteiger partial charge in [0.15, 0.2) is 0 Å². The minimum atomic E-state index is -0.329. The van der Waals surface area contributed by atoms with Crippen LogP contribution in [-0.4, -0.2) is 14.5 Å². The van der Waals surface area contributed by atoms with Gasteiger partial charge in [0.25, 0.3) is 0 Å². The summed E-state index contributed by atoms with van der Waals surface area (Å²) >= 11 is 0. The lowest BCUT2D eigenvalue weighted by Crippen LogP contribution is -2.04. The maximum absolute atomic E-state index is 14.1. The van der Waals surface area contributed by atoms with Crippen molar-refractivity contribution in [3.8, 4) is 11.4 Å². The van der Waals surface area contributed by atoms with Gasteiger partial charge in [-0.25, -0.2) is 9.37 Å². The Kier molecular flexibility index (Phi) is 2.89. The average molecular weight is 270 g/mol. The van der Waals surface area contributed by atoms with Gasteiger partial charge in [0, 0.05) is 17.9 Å². The highest BCUT2D eigenvalue weighted by Gasteiger charge is 2.17. The summed E-state index contributed by atoms with van der Waals surface area (Å²) in [5.74, 6) is 0.247. The van der Waals surface area contributed by atoms with Crippen molar-refractivity contribution in [2.75, 3.05) is 5.73 Å². The van der Waals surface area contributed by atoms with E-state index in [0.717, 1.165) is 11.0 Å². The molecule has 0 aliphatic carbocycles. The van der Waals surface area contributed by atoms with Crippen molar-refractivity contribution in [1.82, 2.24) is 14.5 Å². The second kappa shape index (κ2) is 4.59. The molecule has 2 aromatic heterocycles. The van der Waals surface area contributed by atoms with Crippen molar-refractivity contribution in [2.24, 2.45) is 0 Å². The summed E-state index contributed by atoms with van der Waals surface area (Å²) in [6.45, 7) is 4.07. The summed E-state index contributed by atoms with van der Waals surface area (Å²) in [7, 11) is 0. The van der Waals surface area contributed by atoms with Crippen LogP contribution in [0.3, 0.4) is 0 Å². The minimum Gasteiger partial charge on any atom is -0.399 e. The van der Waals surface area contributed by atoms with Crippen LogP contribution in [0.5, 0.6) is 0 Å². The molecule has 1 aromatic carbocycles. The van der Waals surface area contributed by atoms with Crippen LogP contribution in [0.4, 0.5) is 10.1 Å². The Hall–Kier alpha value is -2.43. The predicted octanol–water partition coefficient (Wildman–Crippen LogP) is 3.40. The van der Waals surface area contributed by atoms with Gasteiger partial charge < -0.3 is 10.3 Å². The van der Waals surface area contributed by atoms with Crippen molar-refractivity contribution in [3.63, 3.8) is 0 Å².